The van der Waals surface area contributed by atoms with Gasteiger partial charge in [0.05, 0.1) is 13.8 Å². The van der Waals surface area contributed by atoms with Gasteiger partial charge in [0.1, 0.15) is 11.2 Å². The molecular formula is C26H31NOSi. The lowest BCUT2D eigenvalue weighted by atomic mass is 9.78. The highest BCUT2D eigenvalue weighted by atomic mass is 28.3. The Kier molecular flexibility index (Phi) is 4.90. The quantitative estimate of drug-likeness (QED) is 0.329. The Morgan fingerprint density at radius 1 is 0.966 bits per heavy atom. The van der Waals surface area contributed by atoms with Crippen LogP contribution in [0.3, 0.4) is 0 Å². The van der Waals surface area contributed by atoms with Gasteiger partial charge in [-0.2, -0.15) is 0 Å². The van der Waals surface area contributed by atoms with E-state index in [1.165, 1.54) is 21.5 Å². The van der Waals surface area contributed by atoms with Crippen LogP contribution in [0.5, 0.6) is 0 Å². The van der Waals surface area contributed by atoms with E-state index in [-0.39, 0.29) is 5.41 Å². The molecule has 0 aliphatic rings. The first-order valence-corrected chi connectivity index (χ1v) is 14.2. The van der Waals surface area contributed by atoms with Gasteiger partial charge in [0.15, 0.2) is 0 Å². The summed E-state index contributed by atoms with van der Waals surface area (Å²) in [5, 5.41) is 3.94. The average Bonchev–Trinajstić information content (AvgIpc) is 3.11. The van der Waals surface area contributed by atoms with Gasteiger partial charge in [-0.05, 0) is 53.3 Å². The number of aromatic nitrogens is 1. The number of hydrogen-bond acceptors (Lipinski definition) is 2. The Balaban J connectivity index is 2.02. The van der Waals surface area contributed by atoms with E-state index in [2.05, 4.69) is 82.9 Å². The van der Waals surface area contributed by atoms with E-state index in [0.29, 0.717) is 0 Å². The maximum atomic E-state index is 6.43. The summed E-state index contributed by atoms with van der Waals surface area (Å²) in [7, 11) is -1.54. The minimum atomic E-state index is -1.54. The number of para-hydroxylation sites is 1. The van der Waals surface area contributed by atoms with Gasteiger partial charge in [0.25, 0.3) is 0 Å². The molecule has 0 N–H and O–H groups in total. The minimum absolute atomic E-state index is 0.170. The lowest BCUT2D eigenvalue weighted by molar-refractivity contribution is 0.438. The molecule has 2 heterocycles. The predicted octanol–water partition coefficient (Wildman–Crippen LogP) is 7.27. The molecule has 0 spiro atoms. The van der Waals surface area contributed by atoms with Crippen LogP contribution in [0.4, 0.5) is 0 Å². The van der Waals surface area contributed by atoms with Crippen molar-refractivity contribution in [3.05, 3.63) is 60.3 Å². The number of furan rings is 1. The van der Waals surface area contributed by atoms with Crippen molar-refractivity contribution in [1.29, 1.82) is 0 Å². The summed E-state index contributed by atoms with van der Waals surface area (Å²) in [6.07, 6.45) is 4.18. The average molecular weight is 402 g/mol. The molecule has 0 saturated carbocycles. The molecule has 3 heteroatoms. The van der Waals surface area contributed by atoms with Crippen LogP contribution in [0.15, 0.2) is 59.1 Å². The van der Waals surface area contributed by atoms with E-state index in [4.69, 9.17) is 9.40 Å². The third-order valence-corrected chi connectivity index (χ3v) is 8.66. The Morgan fingerprint density at radius 3 is 2.38 bits per heavy atom. The summed E-state index contributed by atoms with van der Waals surface area (Å²) in [6, 6.07) is 17.4. The van der Waals surface area contributed by atoms with Gasteiger partial charge < -0.3 is 4.42 Å². The van der Waals surface area contributed by atoms with E-state index in [0.717, 1.165) is 35.3 Å². The normalized spacial score (nSPS) is 12.8. The largest absolute Gasteiger partial charge is 0.455 e. The fourth-order valence-corrected chi connectivity index (χ4v) is 5.85. The highest BCUT2D eigenvalue weighted by Crippen LogP contribution is 2.37. The van der Waals surface area contributed by atoms with Crippen LogP contribution in [0, 0.1) is 0 Å². The van der Waals surface area contributed by atoms with Crippen LogP contribution < -0.4 is 5.19 Å². The molecule has 4 rings (SSSR count). The van der Waals surface area contributed by atoms with Gasteiger partial charge in [-0.25, -0.2) is 0 Å². The number of nitrogens with zero attached hydrogens (tertiary/aromatic N) is 1. The molecule has 2 aromatic carbocycles. The highest BCUT2D eigenvalue weighted by molar-refractivity contribution is 6.90. The van der Waals surface area contributed by atoms with Crippen LogP contribution >= 0.6 is 0 Å². The summed E-state index contributed by atoms with van der Waals surface area (Å²) in [6.45, 7) is 14.1. The first-order chi connectivity index (χ1) is 13.8. The van der Waals surface area contributed by atoms with Gasteiger partial charge in [-0.3, -0.25) is 4.98 Å². The zero-order valence-corrected chi connectivity index (χ0v) is 19.5. The van der Waals surface area contributed by atoms with Crippen molar-refractivity contribution in [3.8, 4) is 11.3 Å². The second-order valence-corrected chi connectivity index (χ2v) is 14.4. The Morgan fingerprint density at radius 2 is 1.69 bits per heavy atom. The zero-order valence-electron chi connectivity index (χ0n) is 18.5. The van der Waals surface area contributed by atoms with Crippen molar-refractivity contribution in [2.24, 2.45) is 0 Å². The molecule has 4 aromatic rings. The minimum Gasteiger partial charge on any atom is -0.455 e. The summed E-state index contributed by atoms with van der Waals surface area (Å²) >= 11 is 0. The molecule has 0 saturated heterocycles. The lowest BCUT2D eigenvalue weighted by Crippen LogP contribution is -2.37. The van der Waals surface area contributed by atoms with Crippen molar-refractivity contribution in [2.75, 3.05) is 0 Å². The number of hydrogen-bond donors (Lipinski definition) is 0. The standard InChI is InChI=1S/C26H31NOSi/c1-7-26(3,8-2)18-15-16-27-21(17-18)19-13-14-23(29(4,5)6)24-20-11-9-10-12-22(20)28-25(19)24/h9-17H,7-8H2,1-6H3. The Labute approximate surface area is 175 Å². The maximum Gasteiger partial charge on any atom is 0.144 e. The van der Waals surface area contributed by atoms with Gasteiger partial charge in [-0.1, -0.05) is 64.7 Å². The van der Waals surface area contributed by atoms with Crippen molar-refractivity contribution in [2.45, 2.75) is 58.7 Å². The van der Waals surface area contributed by atoms with Crippen molar-refractivity contribution < 1.29 is 4.42 Å². The second kappa shape index (κ2) is 7.14. The van der Waals surface area contributed by atoms with Gasteiger partial charge in [0.2, 0.25) is 0 Å². The molecule has 0 aliphatic heterocycles. The molecule has 0 bridgehead atoms. The molecule has 0 unspecified atom stereocenters. The summed E-state index contributed by atoms with van der Waals surface area (Å²) in [5.74, 6) is 0. The van der Waals surface area contributed by atoms with Crippen LogP contribution in [-0.4, -0.2) is 13.1 Å². The molecule has 0 amide bonds. The Hall–Kier alpha value is -2.39. The highest BCUT2D eigenvalue weighted by Gasteiger charge is 2.26. The second-order valence-electron chi connectivity index (χ2n) is 9.41. The molecule has 150 valence electrons. The fourth-order valence-electron chi connectivity index (χ4n) is 4.27. The SMILES string of the molecule is CCC(C)(CC)c1ccnc(-c2ccc([Si](C)(C)C)c3c2oc2ccccc23)c1. The van der Waals surface area contributed by atoms with Crippen LogP contribution in [-0.2, 0) is 5.41 Å². The monoisotopic (exact) mass is 401 g/mol. The Bertz CT molecular complexity index is 1180. The molecule has 2 nitrogen and oxygen atoms in total. The molecule has 0 radical (unpaired) electrons. The smallest absolute Gasteiger partial charge is 0.144 e. The van der Waals surface area contributed by atoms with E-state index < -0.39 is 8.07 Å². The third-order valence-electron chi connectivity index (χ3n) is 6.63. The van der Waals surface area contributed by atoms with Crippen molar-refractivity contribution in [3.63, 3.8) is 0 Å². The molecule has 0 atom stereocenters. The number of pyridine rings is 1. The van der Waals surface area contributed by atoms with Gasteiger partial charge >= 0.3 is 0 Å². The van der Waals surface area contributed by atoms with Crippen molar-refractivity contribution in [1.82, 2.24) is 4.98 Å². The maximum absolute atomic E-state index is 6.43. The fraction of sp³-hybridized carbons (Fsp3) is 0.346. The predicted molar refractivity (Wildman–Crippen MR) is 128 cm³/mol. The molecule has 29 heavy (non-hydrogen) atoms. The molecule has 2 aromatic heterocycles. The van der Waals surface area contributed by atoms with E-state index in [9.17, 15) is 0 Å². The zero-order chi connectivity index (χ0) is 20.8. The first kappa shape index (κ1) is 19.9. The molecule has 0 fully saturated rings. The molecule has 0 aliphatic carbocycles. The van der Waals surface area contributed by atoms with E-state index >= 15 is 0 Å². The van der Waals surface area contributed by atoms with Gasteiger partial charge in [0, 0.05) is 22.5 Å². The third kappa shape index (κ3) is 3.32. The van der Waals surface area contributed by atoms with E-state index in [1.807, 2.05) is 12.3 Å². The van der Waals surface area contributed by atoms with Gasteiger partial charge in [-0.15, -0.1) is 0 Å². The van der Waals surface area contributed by atoms with E-state index in [1.54, 1.807) is 0 Å². The van der Waals surface area contributed by atoms with Crippen molar-refractivity contribution >= 4 is 35.2 Å². The number of benzene rings is 2. The van der Waals surface area contributed by atoms with Crippen LogP contribution in [0.1, 0.15) is 39.2 Å². The summed E-state index contributed by atoms with van der Waals surface area (Å²) in [5.41, 5.74) is 5.55. The number of rotatable bonds is 5. The van der Waals surface area contributed by atoms with Crippen LogP contribution in [0.2, 0.25) is 19.6 Å². The number of fused-ring (bicyclic) bond motifs is 3. The topological polar surface area (TPSA) is 26.0 Å². The molecular weight excluding hydrogens is 370 g/mol. The summed E-state index contributed by atoms with van der Waals surface area (Å²) in [4.78, 5) is 4.76. The van der Waals surface area contributed by atoms with Crippen LogP contribution in [0.25, 0.3) is 33.2 Å². The lowest BCUT2D eigenvalue weighted by Gasteiger charge is -2.27. The summed E-state index contributed by atoms with van der Waals surface area (Å²) < 4.78 is 6.43. The first-order valence-electron chi connectivity index (χ1n) is 10.7.